The zero-order chi connectivity index (χ0) is 13.1. The third kappa shape index (κ3) is 2.59. The lowest BCUT2D eigenvalue weighted by Crippen LogP contribution is -1.98. The van der Waals surface area contributed by atoms with Gasteiger partial charge in [0.25, 0.3) is 0 Å². The average molecular weight is 261 g/mol. The fourth-order valence-corrected chi connectivity index (χ4v) is 2.58. The van der Waals surface area contributed by atoms with E-state index in [0.29, 0.717) is 0 Å². The molecule has 1 aromatic carbocycles. The smallest absolute Gasteiger partial charge is 0.183 e. The molecule has 0 amide bonds. The van der Waals surface area contributed by atoms with Crippen molar-refractivity contribution in [1.82, 2.24) is 3.97 Å². The number of hydrogen-bond acceptors (Lipinski definition) is 3. The number of nitrogens with zero attached hydrogens (tertiary/aromatic N) is 1. The Kier molecular flexibility index (Phi) is 3.77. The minimum atomic E-state index is 0.0871. The Labute approximate surface area is 111 Å². The van der Waals surface area contributed by atoms with Crippen LogP contribution in [0.4, 0.5) is 0 Å². The first kappa shape index (κ1) is 12.8. The SMILES string of the molecule is CC(=O)c1c(C)cn(SOc2ccccc2)c1C. The molecule has 0 N–H and O–H groups in total. The van der Waals surface area contributed by atoms with E-state index in [1.54, 1.807) is 6.92 Å². The molecule has 3 nitrogen and oxygen atoms in total. The lowest BCUT2D eigenvalue weighted by molar-refractivity contribution is 0.101. The highest BCUT2D eigenvalue weighted by Gasteiger charge is 2.14. The molecule has 94 valence electrons. The van der Waals surface area contributed by atoms with Crippen LogP contribution in [0, 0.1) is 13.8 Å². The van der Waals surface area contributed by atoms with Gasteiger partial charge in [-0.3, -0.25) is 8.77 Å². The van der Waals surface area contributed by atoms with Crippen LogP contribution in [0.1, 0.15) is 28.5 Å². The van der Waals surface area contributed by atoms with Gasteiger partial charge in [-0.1, -0.05) is 18.2 Å². The summed E-state index contributed by atoms with van der Waals surface area (Å²) in [6, 6.07) is 9.57. The number of Topliss-reactive ketones (excluding diaryl/α,β-unsaturated/α-hetero) is 1. The summed E-state index contributed by atoms with van der Waals surface area (Å²) in [6.45, 7) is 5.44. The van der Waals surface area contributed by atoms with Crippen molar-refractivity contribution in [2.45, 2.75) is 20.8 Å². The van der Waals surface area contributed by atoms with E-state index in [1.807, 2.05) is 54.3 Å². The van der Waals surface area contributed by atoms with Crippen LogP contribution in [-0.2, 0) is 0 Å². The van der Waals surface area contributed by atoms with Crippen molar-refractivity contribution in [3.8, 4) is 5.75 Å². The third-order valence-corrected chi connectivity index (χ3v) is 3.51. The lowest BCUT2D eigenvalue weighted by Gasteiger charge is -2.06. The maximum absolute atomic E-state index is 11.5. The molecule has 0 bridgehead atoms. The number of aryl methyl sites for hydroxylation is 1. The van der Waals surface area contributed by atoms with Gasteiger partial charge >= 0.3 is 0 Å². The zero-order valence-corrected chi connectivity index (χ0v) is 11.5. The summed E-state index contributed by atoms with van der Waals surface area (Å²) in [4.78, 5) is 11.5. The van der Waals surface area contributed by atoms with Gasteiger partial charge in [-0.15, -0.1) is 0 Å². The van der Waals surface area contributed by atoms with E-state index in [-0.39, 0.29) is 5.78 Å². The second-order valence-corrected chi connectivity index (χ2v) is 4.83. The number of benzene rings is 1. The first-order valence-electron chi connectivity index (χ1n) is 5.69. The number of ketones is 1. The van der Waals surface area contributed by atoms with Crippen molar-refractivity contribution in [3.05, 3.63) is 53.3 Å². The standard InChI is InChI=1S/C14H15NO2S/c1-10-9-15(11(2)14(10)12(3)16)18-17-13-7-5-4-6-8-13/h4-9H,1-3H3. The first-order chi connectivity index (χ1) is 8.59. The van der Waals surface area contributed by atoms with E-state index >= 15 is 0 Å². The Bertz CT molecular complexity index is 561. The molecule has 1 aromatic heterocycles. The highest BCUT2D eigenvalue weighted by molar-refractivity contribution is 7.93. The van der Waals surface area contributed by atoms with Gasteiger partial charge in [0, 0.05) is 17.5 Å². The fourth-order valence-electron chi connectivity index (χ4n) is 1.90. The normalized spacial score (nSPS) is 10.4. The maximum atomic E-state index is 11.5. The van der Waals surface area contributed by atoms with Crippen molar-refractivity contribution in [3.63, 3.8) is 0 Å². The molecular formula is C14H15NO2S. The molecular weight excluding hydrogens is 246 g/mol. The molecule has 18 heavy (non-hydrogen) atoms. The van der Waals surface area contributed by atoms with Gasteiger partial charge < -0.3 is 4.18 Å². The van der Waals surface area contributed by atoms with Crippen LogP contribution in [-0.4, -0.2) is 9.76 Å². The van der Waals surface area contributed by atoms with Crippen LogP contribution in [0.2, 0.25) is 0 Å². The first-order valence-corrected chi connectivity index (χ1v) is 6.39. The molecule has 0 fully saturated rings. The lowest BCUT2D eigenvalue weighted by atomic mass is 10.1. The van der Waals surface area contributed by atoms with Crippen LogP contribution in [0.25, 0.3) is 0 Å². The topological polar surface area (TPSA) is 31.2 Å². The molecule has 1 heterocycles. The van der Waals surface area contributed by atoms with E-state index in [9.17, 15) is 4.79 Å². The number of hydrogen-bond donors (Lipinski definition) is 0. The van der Waals surface area contributed by atoms with Gasteiger partial charge in [0.2, 0.25) is 0 Å². The minimum absolute atomic E-state index is 0.0871. The van der Waals surface area contributed by atoms with E-state index in [1.165, 1.54) is 12.2 Å². The molecule has 0 unspecified atom stereocenters. The number of aromatic nitrogens is 1. The molecule has 0 saturated heterocycles. The molecule has 0 aliphatic heterocycles. The quantitative estimate of drug-likeness (QED) is 0.619. The Morgan fingerprint density at radius 3 is 2.44 bits per heavy atom. The largest absolute Gasteiger partial charge is 0.405 e. The molecule has 0 spiro atoms. The summed E-state index contributed by atoms with van der Waals surface area (Å²) in [5, 5.41) is 0. The molecule has 0 atom stereocenters. The van der Waals surface area contributed by atoms with Crippen LogP contribution in [0.15, 0.2) is 36.5 Å². The van der Waals surface area contributed by atoms with Crippen molar-refractivity contribution in [2.24, 2.45) is 0 Å². The highest BCUT2D eigenvalue weighted by atomic mass is 32.2. The van der Waals surface area contributed by atoms with Crippen LogP contribution < -0.4 is 4.18 Å². The zero-order valence-electron chi connectivity index (χ0n) is 10.6. The molecule has 0 radical (unpaired) electrons. The van der Waals surface area contributed by atoms with Gasteiger partial charge in [0.15, 0.2) is 18.0 Å². The van der Waals surface area contributed by atoms with Gasteiger partial charge in [-0.2, -0.15) is 0 Å². The van der Waals surface area contributed by atoms with Crippen molar-refractivity contribution < 1.29 is 8.98 Å². The minimum Gasteiger partial charge on any atom is -0.405 e. The molecule has 0 aliphatic rings. The summed E-state index contributed by atoms with van der Waals surface area (Å²) in [7, 11) is 0. The second-order valence-electron chi connectivity index (χ2n) is 4.13. The molecule has 0 aliphatic carbocycles. The van der Waals surface area contributed by atoms with Crippen molar-refractivity contribution in [2.75, 3.05) is 0 Å². The molecule has 2 rings (SSSR count). The predicted molar refractivity (Wildman–Crippen MR) is 74.0 cm³/mol. The van der Waals surface area contributed by atoms with Crippen LogP contribution in [0.5, 0.6) is 5.75 Å². The third-order valence-electron chi connectivity index (χ3n) is 2.71. The monoisotopic (exact) mass is 261 g/mol. The summed E-state index contributed by atoms with van der Waals surface area (Å²) in [5.74, 6) is 0.877. The van der Waals surface area contributed by atoms with E-state index in [2.05, 4.69) is 0 Å². The number of rotatable bonds is 4. The Morgan fingerprint density at radius 2 is 1.89 bits per heavy atom. The predicted octanol–water partition coefficient (Wildman–Crippen LogP) is 3.80. The summed E-state index contributed by atoms with van der Waals surface area (Å²) < 4.78 is 7.46. The molecule has 2 aromatic rings. The number of carbonyl (C=O) groups excluding carboxylic acids is 1. The van der Waals surface area contributed by atoms with Gasteiger partial charge in [-0.05, 0) is 38.5 Å². The second kappa shape index (κ2) is 5.31. The Morgan fingerprint density at radius 1 is 1.22 bits per heavy atom. The number of carbonyl (C=O) groups is 1. The van der Waals surface area contributed by atoms with Gasteiger partial charge in [0.1, 0.15) is 5.75 Å². The highest BCUT2D eigenvalue weighted by Crippen LogP contribution is 2.24. The van der Waals surface area contributed by atoms with Crippen molar-refractivity contribution in [1.29, 1.82) is 0 Å². The van der Waals surface area contributed by atoms with Crippen molar-refractivity contribution >= 4 is 18.0 Å². The van der Waals surface area contributed by atoms with E-state index in [0.717, 1.165) is 22.6 Å². The summed E-state index contributed by atoms with van der Waals surface area (Å²) in [5.41, 5.74) is 2.67. The van der Waals surface area contributed by atoms with Gasteiger partial charge in [-0.25, -0.2) is 0 Å². The van der Waals surface area contributed by atoms with Crippen LogP contribution >= 0.6 is 12.2 Å². The number of para-hydroxylation sites is 1. The average Bonchev–Trinajstić information content (AvgIpc) is 2.63. The summed E-state index contributed by atoms with van der Waals surface area (Å²) in [6.07, 6.45) is 1.92. The van der Waals surface area contributed by atoms with E-state index < -0.39 is 0 Å². The molecule has 4 heteroatoms. The Balaban J connectivity index is 2.16. The molecule has 0 saturated carbocycles. The van der Waals surface area contributed by atoms with Crippen LogP contribution in [0.3, 0.4) is 0 Å². The fraction of sp³-hybridized carbons (Fsp3) is 0.214. The maximum Gasteiger partial charge on any atom is 0.183 e. The van der Waals surface area contributed by atoms with E-state index in [4.69, 9.17) is 4.18 Å². The van der Waals surface area contributed by atoms with Gasteiger partial charge in [0.05, 0.1) is 0 Å². The Hall–Kier alpha value is -1.68. The summed E-state index contributed by atoms with van der Waals surface area (Å²) >= 11 is 1.22.